The van der Waals surface area contributed by atoms with Crippen LogP contribution in [0.3, 0.4) is 0 Å². The van der Waals surface area contributed by atoms with Gasteiger partial charge in [-0.25, -0.2) is 0 Å². The highest BCUT2D eigenvalue weighted by atomic mass is 19.4. The highest BCUT2D eigenvalue weighted by Gasteiger charge is 2.34. The summed E-state index contributed by atoms with van der Waals surface area (Å²) in [5, 5.41) is 9.60. The van der Waals surface area contributed by atoms with Gasteiger partial charge in [0.15, 0.2) is 0 Å². The first-order chi connectivity index (χ1) is 11.6. The van der Waals surface area contributed by atoms with E-state index in [1.54, 1.807) is 0 Å². The number of likely N-dealkylation sites (tertiary alicyclic amines) is 1. The lowest BCUT2D eigenvalue weighted by Gasteiger charge is -2.34. The van der Waals surface area contributed by atoms with Crippen molar-refractivity contribution in [2.24, 2.45) is 11.7 Å². The third-order valence-corrected chi connectivity index (χ3v) is 4.30. The fraction of sp³-hybridized carbons (Fsp3) is 0.375. The van der Waals surface area contributed by atoms with Crippen LogP contribution in [0.1, 0.15) is 22.5 Å². The predicted octanol–water partition coefficient (Wildman–Crippen LogP) is 2.06. The Morgan fingerprint density at radius 2 is 1.96 bits per heavy atom. The number of aromatic nitrogens is 1. The van der Waals surface area contributed by atoms with E-state index >= 15 is 0 Å². The van der Waals surface area contributed by atoms with Crippen LogP contribution in [0.15, 0.2) is 24.3 Å². The Kier molecular flexibility index (Phi) is 4.19. The van der Waals surface area contributed by atoms with Crippen LogP contribution in [0.4, 0.5) is 13.2 Å². The first kappa shape index (κ1) is 17.3. The zero-order valence-corrected chi connectivity index (χ0v) is 13.0. The molecule has 6 nitrogen and oxygen atoms in total. The standard InChI is InChI=1S/C16H16F3N3O3/c17-16(18,19)10-2-1-8-4-13(21-12(8)5-10)14(23)22-6-9(15(24)25)3-11(20)7-22/h1-2,4-5,9,11,21H,3,6-7,20H2,(H,24,25). The van der Waals surface area contributed by atoms with Crippen LogP contribution < -0.4 is 5.73 Å². The number of aliphatic carboxylic acids is 1. The molecular weight excluding hydrogens is 339 g/mol. The number of fused-ring (bicyclic) bond motifs is 1. The van der Waals surface area contributed by atoms with E-state index in [0.29, 0.717) is 5.39 Å². The van der Waals surface area contributed by atoms with E-state index in [2.05, 4.69) is 4.98 Å². The molecule has 2 atom stereocenters. The Morgan fingerprint density at radius 1 is 1.24 bits per heavy atom. The minimum absolute atomic E-state index is 0.0189. The van der Waals surface area contributed by atoms with Crippen LogP contribution in [0, 0.1) is 5.92 Å². The number of benzene rings is 1. The fourth-order valence-electron chi connectivity index (χ4n) is 3.07. The number of H-pyrrole nitrogens is 1. The van der Waals surface area contributed by atoms with E-state index in [1.807, 2.05) is 0 Å². The monoisotopic (exact) mass is 355 g/mol. The molecule has 1 aliphatic rings. The van der Waals surface area contributed by atoms with Crippen molar-refractivity contribution in [3.63, 3.8) is 0 Å². The quantitative estimate of drug-likeness (QED) is 0.768. The Morgan fingerprint density at radius 3 is 2.60 bits per heavy atom. The molecule has 2 unspecified atom stereocenters. The number of alkyl halides is 3. The second kappa shape index (κ2) is 6.07. The molecule has 25 heavy (non-hydrogen) atoms. The number of nitrogens with zero attached hydrogens (tertiary/aromatic N) is 1. The molecule has 0 bridgehead atoms. The van der Waals surface area contributed by atoms with Gasteiger partial charge >= 0.3 is 12.1 Å². The first-order valence-electron chi connectivity index (χ1n) is 7.63. The summed E-state index contributed by atoms with van der Waals surface area (Å²) in [4.78, 5) is 27.8. The molecule has 134 valence electrons. The maximum Gasteiger partial charge on any atom is 0.416 e. The van der Waals surface area contributed by atoms with Crippen LogP contribution in [0.2, 0.25) is 0 Å². The number of amides is 1. The van der Waals surface area contributed by atoms with Gasteiger partial charge in [-0.3, -0.25) is 9.59 Å². The number of aromatic amines is 1. The number of carbonyl (C=O) groups is 2. The number of piperidine rings is 1. The summed E-state index contributed by atoms with van der Waals surface area (Å²) in [6.07, 6.45) is -4.20. The number of nitrogens with two attached hydrogens (primary N) is 1. The molecule has 1 aliphatic heterocycles. The minimum atomic E-state index is -4.47. The van der Waals surface area contributed by atoms with Gasteiger partial charge < -0.3 is 20.7 Å². The molecular formula is C16H16F3N3O3. The van der Waals surface area contributed by atoms with Crippen molar-refractivity contribution in [2.45, 2.75) is 18.6 Å². The van der Waals surface area contributed by atoms with Gasteiger partial charge in [0.05, 0.1) is 11.5 Å². The number of hydrogen-bond donors (Lipinski definition) is 3. The molecule has 3 rings (SSSR count). The number of rotatable bonds is 2. The third-order valence-electron chi connectivity index (χ3n) is 4.30. The van der Waals surface area contributed by atoms with Gasteiger partial charge in [-0.05, 0) is 24.6 Å². The molecule has 1 saturated heterocycles. The molecule has 0 saturated carbocycles. The Labute approximate surface area is 140 Å². The summed E-state index contributed by atoms with van der Waals surface area (Å²) in [6.45, 7) is 0.219. The molecule has 4 N–H and O–H groups in total. The van der Waals surface area contributed by atoms with Crippen LogP contribution in [0.5, 0.6) is 0 Å². The average molecular weight is 355 g/mol. The van der Waals surface area contributed by atoms with E-state index in [1.165, 1.54) is 17.0 Å². The van der Waals surface area contributed by atoms with Gasteiger partial charge in [0.1, 0.15) is 5.69 Å². The van der Waals surface area contributed by atoms with Gasteiger partial charge in [0, 0.05) is 30.0 Å². The highest BCUT2D eigenvalue weighted by Crippen LogP contribution is 2.31. The summed E-state index contributed by atoms with van der Waals surface area (Å²) in [5.41, 5.74) is 5.30. The Bertz CT molecular complexity index is 831. The fourth-order valence-corrected chi connectivity index (χ4v) is 3.07. The summed E-state index contributed by atoms with van der Waals surface area (Å²) < 4.78 is 38.3. The molecule has 0 radical (unpaired) electrons. The molecule has 0 aliphatic carbocycles. The SMILES string of the molecule is NC1CC(C(=O)O)CN(C(=O)c2cc3ccc(C(F)(F)F)cc3[nH]2)C1. The zero-order valence-electron chi connectivity index (χ0n) is 13.0. The molecule has 2 heterocycles. The van der Waals surface area contributed by atoms with Crippen molar-refractivity contribution < 1.29 is 27.9 Å². The van der Waals surface area contributed by atoms with Crippen LogP contribution in [-0.2, 0) is 11.0 Å². The predicted molar refractivity (Wildman–Crippen MR) is 82.9 cm³/mol. The summed E-state index contributed by atoms with van der Waals surface area (Å²) in [5.74, 6) is -2.26. The largest absolute Gasteiger partial charge is 0.481 e. The number of carboxylic acids is 1. The molecule has 9 heteroatoms. The molecule has 1 fully saturated rings. The second-order valence-corrected chi connectivity index (χ2v) is 6.22. The molecule has 1 aromatic heterocycles. The lowest BCUT2D eigenvalue weighted by molar-refractivity contribution is -0.143. The van der Waals surface area contributed by atoms with Crippen molar-refractivity contribution in [3.05, 3.63) is 35.5 Å². The van der Waals surface area contributed by atoms with Gasteiger partial charge in [0.2, 0.25) is 0 Å². The summed E-state index contributed by atoms with van der Waals surface area (Å²) >= 11 is 0. The molecule has 0 spiro atoms. The van der Waals surface area contributed by atoms with Crippen LogP contribution in [0.25, 0.3) is 10.9 Å². The summed E-state index contributed by atoms with van der Waals surface area (Å²) in [6, 6.07) is 4.16. The normalized spacial score (nSPS) is 21.5. The first-order valence-corrected chi connectivity index (χ1v) is 7.63. The minimum Gasteiger partial charge on any atom is -0.481 e. The highest BCUT2D eigenvalue weighted by molar-refractivity contribution is 5.98. The van der Waals surface area contributed by atoms with Crippen molar-refractivity contribution in [1.82, 2.24) is 9.88 Å². The van der Waals surface area contributed by atoms with Gasteiger partial charge in [-0.2, -0.15) is 13.2 Å². The lowest BCUT2D eigenvalue weighted by Crippen LogP contribution is -2.51. The zero-order chi connectivity index (χ0) is 18.4. The van der Waals surface area contributed by atoms with Crippen molar-refractivity contribution in [3.8, 4) is 0 Å². The average Bonchev–Trinajstić information content (AvgIpc) is 2.95. The van der Waals surface area contributed by atoms with E-state index in [4.69, 9.17) is 10.8 Å². The van der Waals surface area contributed by atoms with Crippen LogP contribution in [-0.4, -0.2) is 46.0 Å². The van der Waals surface area contributed by atoms with Crippen molar-refractivity contribution in [1.29, 1.82) is 0 Å². The smallest absolute Gasteiger partial charge is 0.416 e. The topological polar surface area (TPSA) is 99.4 Å². The maximum atomic E-state index is 12.8. The molecule has 1 amide bonds. The summed E-state index contributed by atoms with van der Waals surface area (Å²) in [7, 11) is 0. The number of nitrogens with one attached hydrogen (secondary N) is 1. The number of halogens is 3. The molecule has 2 aromatic rings. The van der Waals surface area contributed by atoms with Crippen molar-refractivity contribution >= 4 is 22.8 Å². The third kappa shape index (κ3) is 3.46. The van der Waals surface area contributed by atoms with Crippen LogP contribution >= 0.6 is 0 Å². The van der Waals surface area contributed by atoms with Gasteiger partial charge in [-0.1, -0.05) is 6.07 Å². The maximum absolute atomic E-state index is 12.8. The Balaban J connectivity index is 1.88. The number of carboxylic acid groups (broad SMARTS) is 1. The van der Waals surface area contributed by atoms with Crippen molar-refractivity contribution in [2.75, 3.05) is 13.1 Å². The van der Waals surface area contributed by atoms with E-state index in [0.717, 1.165) is 12.1 Å². The number of hydrogen-bond acceptors (Lipinski definition) is 3. The second-order valence-electron chi connectivity index (χ2n) is 6.22. The van der Waals surface area contributed by atoms with E-state index in [-0.39, 0.29) is 30.7 Å². The van der Waals surface area contributed by atoms with Gasteiger partial charge in [0.25, 0.3) is 5.91 Å². The molecule has 1 aromatic carbocycles. The van der Waals surface area contributed by atoms with E-state index in [9.17, 15) is 22.8 Å². The van der Waals surface area contributed by atoms with E-state index < -0.39 is 35.6 Å². The lowest BCUT2D eigenvalue weighted by atomic mass is 9.94. The van der Waals surface area contributed by atoms with Gasteiger partial charge in [-0.15, -0.1) is 0 Å². The Hall–Kier alpha value is -2.55. The number of carbonyl (C=O) groups excluding carboxylic acids is 1.